The Morgan fingerprint density at radius 2 is 2.06 bits per heavy atom. The van der Waals surface area contributed by atoms with Gasteiger partial charge in [-0.25, -0.2) is 4.39 Å². The number of benzene rings is 1. The molecule has 0 spiro atoms. The first kappa shape index (κ1) is 12.1. The van der Waals surface area contributed by atoms with Crippen LogP contribution in [0.15, 0.2) is 23.0 Å². The Labute approximate surface area is 103 Å². The second-order valence-electron chi connectivity index (χ2n) is 4.57. The van der Waals surface area contributed by atoms with E-state index in [1.807, 2.05) is 13.8 Å². The summed E-state index contributed by atoms with van der Waals surface area (Å²) in [5.74, 6) is -0.0892. The first-order valence-electron chi connectivity index (χ1n) is 5.48. The molecule has 0 saturated carbocycles. The Kier molecular flexibility index (Phi) is 3.20. The van der Waals surface area contributed by atoms with Crippen molar-refractivity contribution < 1.29 is 4.39 Å². The summed E-state index contributed by atoms with van der Waals surface area (Å²) in [6.45, 7) is 4.08. The summed E-state index contributed by atoms with van der Waals surface area (Å²) in [4.78, 5) is 14.8. The number of aromatic amines is 1. The van der Waals surface area contributed by atoms with E-state index in [0.29, 0.717) is 17.7 Å². The van der Waals surface area contributed by atoms with E-state index in [1.165, 1.54) is 18.2 Å². The standard InChI is InChI=1S/C13H13ClFNO/c1-7(2)3-9-6-12(17)10-4-8(14)5-11(15)13(10)16-9/h4-7H,3H2,1-2H3,(H,16,17). The van der Waals surface area contributed by atoms with Gasteiger partial charge in [-0.1, -0.05) is 25.4 Å². The molecule has 1 N–H and O–H groups in total. The molecule has 0 aliphatic heterocycles. The van der Waals surface area contributed by atoms with Crippen molar-refractivity contribution >= 4 is 22.5 Å². The molecule has 2 rings (SSSR count). The predicted molar refractivity (Wildman–Crippen MR) is 68.1 cm³/mol. The fraction of sp³-hybridized carbons (Fsp3) is 0.308. The van der Waals surface area contributed by atoms with E-state index in [1.54, 1.807) is 0 Å². The Bertz CT molecular complexity index is 619. The maximum absolute atomic E-state index is 13.7. The van der Waals surface area contributed by atoms with Crippen molar-refractivity contribution in [1.29, 1.82) is 0 Å². The number of pyridine rings is 1. The number of nitrogens with one attached hydrogen (secondary N) is 1. The summed E-state index contributed by atoms with van der Waals surface area (Å²) in [6.07, 6.45) is 0.716. The summed E-state index contributed by atoms with van der Waals surface area (Å²) in [7, 11) is 0. The van der Waals surface area contributed by atoms with Crippen LogP contribution in [0.4, 0.5) is 4.39 Å². The van der Waals surface area contributed by atoms with E-state index in [4.69, 9.17) is 11.6 Å². The molecule has 0 fully saturated rings. The molecule has 0 saturated heterocycles. The highest BCUT2D eigenvalue weighted by atomic mass is 35.5. The summed E-state index contributed by atoms with van der Waals surface area (Å²) in [6, 6.07) is 4.20. The molecule has 0 amide bonds. The van der Waals surface area contributed by atoms with Gasteiger partial charge in [0.15, 0.2) is 5.43 Å². The van der Waals surface area contributed by atoms with Crippen molar-refractivity contribution in [1.82, 2.24) is 4.98 Å². The Morgan fingerprint density at radius 1 is 1.35 bits per heavy atom. The molecule has 17 heavy (non-hydrogen) atoms. The molecule has 0 aliphatic rings. The summed E-state index contributed by atoms with van der Waals surface area (Å²) >= 11 is 5.73. The summed E-state index contributed by atoms with van der Waals surface area (Å²) < 4.78 is 13.7. The van der Waals surface area contributed by atoms with Gasteiger partial charge in [0.25, 0.3) is 0 Å². The van der Waals surface area contributed by atoms with Gasteiger partial charge < -0.3 is 4.98 Å². The van der Waals surface area contributed by atoms with E-state index < -0.39 is 5.82 Å². The van der Waals surface area contributed by atoms with Gasteiger partial charge in [0, 0.05) is 22.2 Å². The first-order chi connectivity index (χ1) is 7.97. The van der Waals surface area contributed by atoms with Gasteiger partial charge in [-0.3, -0.25) is 4.79 Å². The summed E-state index contributed by atoms with van der Waals surface area (Å²) in [5, 5.41) is 0.527. The SMILES string of the molecule is CC(C)Cc1cc(=O)c2cc(Cl)cc(F)c2[nH]1. The normalized spacial score (nSPS) is 11.4. The number of rotatable bonds is 2. The highest BCUT2D eigenvalue weighted by molar-refractivity contribution is 6.31. The minimum atomic E-state index is -0.491. The minimum absolute atomic E-state index is 0.198. The van der Waals surface area contributed by atoms with Gasteiger partial charge in [-0.05, 0) is 24.5 Å². The maximum atomic E-state index is 13.7. The van der Waals surface area contributed by atoms with Crippen molar-refractivity contribution in [2.24, 2.45) is 5.92 Å². The average molecular weight is 254 g/mol. The second kappa shape index (κ2) is 4.49. The molecule has 0 radical (unpaired) electrons. The second-order valence-corrected chi connectivity index (χ2v) is 5.00. The lowest BCUT2D eigenvalue weighted by Gasteiger charge is -2.07. The smallest absolute Gasteiger partial charge is 0.189 e. The third-order valence-electron chi connectivity index (χ3n) is 2.54. The highest BCUT2D eigenvalue weighted by Gasteiger charge is 2.09. The van der Waals surface area contributed by atoms with Crippen molar-refractivity contribution in [3.63, 3.8) is 0 Å². The van der Waals surface area contributed by atoms with Crippen LogP contribution >= 0.6 is 11.6 Å². The molecule has 0 atom stereocenters. The Hall–Kier alpha value is -1.35. The third kappa shape index (κ3) is 2.50. The predicted octanol–water partition coefficient (Wildman–Crippen LogP) is 3.52. The zero-order valence-electron chi connectivity index (χ0n) is 9.68. The summed E-state index contributed by atoms with van der Waals surface area (Å²) in [5.41, 5.74) is 0.784. The fourth-order valence-electron chi connectivity index (χ4n) is 1.88. The molecule has 0 bridgehead atoms. The molecule has 4 heteroatoms. The lowest BCUT2D eigenvalue weighted by molar-refractivity contribution is 0.625. The lowest BCUT2D eigenvalue weighted by atomic mass is 10.1. The van der Waals surface area contributed by atoms with E-state index >= 15 is 0 Å². The van der Waals surface area contributed by atoms with Crippen LogP contribution in [0.25, 0.3) is 10.9 Å². The molecule has 2 nitrogen and oxygen atoms in total. The average Bonchev–Trinajstić information content (AvgIpc) is 2.19. The van der Waals surface area contributed by atoms with Crippen LogP contribution in [0.3, 0.4) is 0 Å². The van der Waals surface area contributed by atoms with Crippen LogP contribution in [0, 0.1) is 11.7 Å². The fourth-order valence-corrected chi connectivity index (χ4v) is 2.08. The van der Waals surface area contributed by atoms with Crippen molar-refractivity contribution in [3.8, 4) is 0 Å². The molecule has 90 valence electrons. The van der Waals surface area contributed by atoms with E-state index in [2.05, 4.69) is 4.98 Å². The van der Waals surface area contributed by atoms with Crippen molar-refractivity contribution in [2.75, 3.05) is 0 Å². The number of fused-ring (bicyclic) bond motifs is 1. The van der Waals surface area contributed by atoms with Crippen LogP contribution in [0.5, 0.6) is 0 Å². The Balaban J connectivity index is 2.69. The zero-order chi connectivity index (χ0) is 12.6. The van der Waals surface area contributed by atoms with E-state index in [0.717, 1.165) is 5.69 Å². The van der Waals surface area contributed by atoms with Crippen LogP contribution in [0.2, 0.25) is 5.02 Å². The maximum Gasteiger partial charge on any atom is 0.189 e. The molecular weight excluding hydrogens is 241 g/mol. The number of hydrogen-bond donors (Lipinski definition) is 1. The molecule has 1 aromatic carbocycles. The minimum Gasteiger partial charge on any atom is -0.356 e. The number of aromatic nitrogens is 1. The molecule has 0 aliphatic carbocycles. The monoisotopic (exact) mass is 253 g/mol. The topological polar surface area (TPSA) is 32.9 Å². The van der Waals surface area contributed by atoms with Crippen LogP contribution < -0.4 is 5.43 Å². The lowest BCUT2D eigenvalue weighted by Crippen LogP contribution is -2.08. The zero-order valence-corrected chi connectivity index (χ0v) is 10.4. The number of halogens is 2. The van der Waals surface area contributed by atoms with Crippen LogP contribution in [-0.2, 0) is 6.42 Å². The van der Waals surface area contributed by atoms with Crippen molar-refractivity contribution in [3.05, 3.63) is 45.0 Å². The van der Waals surface area contributed by atoms with Gasteiger partial charge in [0.05, 0.1) is 5.52 Å². The molecule has 2 aromatic rings. The number of H-pyrrole nitrogens is 1. The largest absolute Gasteiger partial charge is 0.356 e. The number of hydrogen-bond acceptors (Lipinski definition) is 1. The van der Waals surface area contributed by atoms with Gasteiger partial charge in [0.1, 0.15) is 5.82 Å². The highest BCUT2D eigenvalue weighted by Crippen LogP contribution is 2.19. The molecule has 0 unspecified atom stereocenters. The van der Waals surface area contributed by atoms with Gasteiger partial charge in [0.2, 0.25) is 0 Å². The van der Waals surface area contributed by atoms with Gasteiger partial charge in [-0.15, -0.1) is 0 Å². The van der Waals surface area contributed by atoms with Crippen molar-refractivity contribution in [2.45, 2.75) is 20.3 Å². The van der Waals surface area contributed by atoms with E-state index in [-0.39, 0.29) is 16.0 Å². The molecular formula is C13H13ClFNO. The van der Waals surface area contributed by atoms with Crippen LogP contribution in [-0.4, -0.2) is 4.98 Å². The van der Waals surface area contributed by atoms with Gasteiger partial charge >= 0.3 is 0 Å². The first-order valence-corrected chi connectivity index (χ1v) is 5.86. The van der Waals surface area contributed by atoms with Gasteiger partial charge in [-0.2, -0.15) is 0 Å². The third-order valence-corrected chi connectivity index (χ3v) is 2.76. The molecule has 1 aromatic heterocycles. The van der Waals surface area contributed by atoms with E-state index in [9.17, 15) is 9.18 Å². The van der Waals surface area contributed by atoms with Crippen LogP contribution in [0.1, 0.15) is 19.5 Å². The Morgan fingerprint density at radius 3 is 2.71 bits per heavy atom. The quantitative estimate of drug-likeness (QED) is 0.873. The molecule has 1 heterocycles.